The summed E-state index contributed by atoms with van der Waals surface area (Å²) in [4.78, 5) is 17.4. The molecule has 0 atom stereocenters. The number of aromatic nitrogens is 1. The van der Waals surface area contributed by atoms with Crippen molar-refractivity contribution in [2.24, 2.45) is 17.4 Å². The summed E-state index contributed by atoms with van der Waals surface area (Å²) < 4.78 is 5.82. The number of ether oxygens (including phenoxy) is 1. The molecule has 168 valence electrons. The Balaban J connectivity index is 2.00. The van der Waals surface area contributed by atoms with Gasteiger partial charge in [-0.1, -0.05) is 68.4 Å². The van der Waals surface area contributed by atoms with Gasteiger partial charge in [0.05, 0.1) is 5.69 Å². The average molecular weight is 433 g/mol. The number of hydrogen-bond acceptors (Lipinski definition) is 5. The van der Waals surface area contributed by atoms with Crippen molar-refractivity contribution in [3.05, 3.63) is 82.7 Å². The molecule has 0 aliphatic heterocycles. The molecule has 0 spiro atoms. The van der Waals surface area contributed by atoms with Crippen LogP contribution in [0.5, 0.6) is 5.75 Å². The maximum Gasteiger partial charge on any atom is 0.412 e. The molecule has 0 fully saturated rings. The molecule has 3 aromatic rings. The number of benzene rings is 2. The van der Waals surface area contributed by atoms with E-state index in [0.29, 0.717) is 37.0 Å². The highest BCUT2D eigenvalue weighted by Crippen LogP contribution is 2.38. The SMILES string of the molecule is Cc1nc(CC(C)C)c(CN)c(-c2ccc(CN)cc2)c1OC(=O)NCc1ccccc1. The number of rotatable bonds is 8. The molecule has 0 bridgehead atoms. The molecule has 0 unspecified atom stereocenters. The second-order valence-corrected chi connectivity index (χ2v) is 8.26. The lowest BCUT2D eigenvalue weighted by molar-refractivity contribution is 0.199. The first kappa shape index (κ1) is 23.4. The quantitative estimate of drug-likeness (QED) is 0.488. The first-order chi connectivity index (χ1) is 15.4. The predicted octanol–water partition coefficient (Wildman–Crippen LogP) is 4.46. The van der Waals surface area contributed by atoms with Crippen molar-refractivity contribution in [1.29, 1.82) is 0 Å². The summed E-state index contributed by atoms with van der Waals surface area (Å²) in [7, 11) is 0. The Bertz CT molecular complexity index is 1050. The Kier molecular flexibility index (Phi) is 7.98. The summed E-state index contributed by atoms with van der Waals surface area (Å²) in [5.41, 5.74) is 18.2. The zero-order valence-corrected chi connectivity index (χ0v) is 19.0. The minimum absolute atomic E-state index is 0.297. The molecule has 0 saturated carbocycles. The topological polar surface area (TPSA) is 103 Å². The highest BCUT2D eigenvalue weighted by atomic mass is 16.6. The molecular weight excluding hydrogens is 400 g/mol. The zero-order chi connectivity index (χ0) is 23.1. The smallest absolute Gasteiger partial charge is 0.408 e. The largest absolute Gasteiger partial charge is 0.412 e. The highest BCUT2D eigenvalue weighted by molar-refractivity contribution is 5.80. The van der Waals surface area contributed by atoms with Gasteiger partial charge in [-0.25, -0.2) is 4.79 Å². The number of carbonyl (C=O) groups is 1. The molecule has 1 amide bonds. The van der Waals surface area contributed by atoms with E-state index < -0.39 is 6.09 Å². The van der Waals surface area contributed by atoms with Crippen molar-refractivity contribution in [2.75, 3.05) is 0 Å². The van der Waals surface area contributed by atoms with Crippen LogP contribution in [-0.2, 0) is 26.1 Å². The lowest BCUT2D eigenvalue weighted by Gasteiger charge is -2.20. The van der Waals surface area contributed by atoms with Gasteiger partial charge < -0.3 is 21.5 Å². The van der Waals surface area contributed by atoms with Crippen molar-refractivity contribution in [2.45, 2.75) is 46.8 Å². The van der Waals surface area contributed by atoms with E-state index >= 15 is 0 Å². The number of nitrogens with two attached hydrogens (primary N) is 2. The summed E-state index contributed by atoms with van der Waals surface area (Å²) in [5.74, 6) is 0.852. The van der Waals surface area contributed by atoms with Crippen LogP contribution in [-0.4, -0.2) is 11.1 Å². The Labute approximate surface area is 190 Å². The summed E-state index contributed by atoms with van der Waals surface area (Å²) in [6.07, 6.45) is 0.264. The monoisotopic (exact) mass is 432 g/mol. The van der Waals surface area contributed by atoms with Gasteiger partial charge in [0, 0.05) is 30.9 Å². The third-order valence-corrected chi connectivity index (χ3v) is 5.27. The summed E-state index contributed by atoms with van der Waals surface area (Å²) in [5, 5.41) is 2.82. The van der Waals surface area contributed by atoms with Gasteiger partial charge in [-0.2, -0.15) is 0 Å². The lowest BCUT2D eigenvalue weighted by Crippen LogP contribution is -2.27. The number of hydrogen-bond donors (Lipinski definition) is 3. The van der Waals surface area contributed by atoms with Crippen LogP contribution in [0.25, 0.3) is 11.1 Å². The average Bonchev–Trinajstić information content (AvgIpc) is 2.79. The van der Waals surface area contributed by atoms with E-state index in [0.717, 1.165) is 39.9 Å². The fraction of sp³-hybridized carbons (Fsp3) is 0.308. The fourth-order valence-electron chi connectivity index (χ4n) is 3.69. The highest BCUT2D eigenvalue weighted by Gasteiger charge is 2.22. The molecule has 0 radical (unpaired) electrons. The molecule has 1 heterocycles. The summed E-state index contributed by atoms with van der Waals surface area (Å²) in [6.45, 7) is 7.29. The standard InChI is InChI=1S/C26H32N4O2/c1-17(2)13-23-22(15-28)24(21-11-9-19(14-27)10-12-21)25(18(3)30-23)32-26(31)29-16-20-7-5-4-6-8-20/h4-12,17H,13-16,27-28H2,1-3H3,(H,29,31). The number of nitrogens with zero attached hydrogens (tertiary/aromatic N) is 1. The lowest BCUT2D eigenvalue weighted by atomic mass is 9.93. The van der Waals surface area contributed by atoms with Crippen molar-refractivity contribution in [1.82, 2.24) is 10.3 Å². The minimum atomic E-state index is -0.529. The van der Waals surface area contributed by atoms with Crippen LogP contribution in [0.2, 0.25) is 0 Å². The van der Waals surface area contributed by atoms with Crippen molar-refractivity contribution < 1.29 is 9.53 Å². The van der Waals surface area contributed by atoms with Crippen molar-refractivity contribution >= 4 is 6.09 Å². The molecule has 3 rings (SSSR count). The van der Waals surface area contributed by atoms with Gasteiger partial charge in [0.25, 0.3) is 0 Å². The van der Waals surface area contributed by atoms with Gasteiger partial charge in [0.15, 0.2) is 5.75 Å². The molecule has 0 aliphatic rings. The van der Waals surface area contributed by atoms with E-state index in [1.54, 1.807) is 0 Å². The normalized spacial score (nSPS) is 10.9. The zero-order valence-electron chi connectivity index (χ0n) is 19.0. The van der Waals surface area contributed by atoms with Crippen LogP contribution in [0.4, 0.5) is 4.79 Å². The van der Waals surface area contributed by atoms with Crippen LogP contribution in [0, 0.1) is 12.8 Å². The van der Waals surface area contributed by atoms with Gasteiger partial charge >= 0.3 is 6.09 Å². The number of nitrogens with one attached hydrogen (secondary N) is 1. The minimum Gasteiger partial charge on any atom is -0.408 e. The number of carbonyl (C=O) groups excluding carboxylic acids is 1. The Hall–Kier alpha value is -3.22. The van der Waals surface area contributed by atoms with Gasteiger partial charge in [-0.15, -0.1) is 0 Å². The first-order valence-corrected chi connectivity index (χ1v) is 10.9. The van der Waals surface area contributed by atoms with Gasteiger partial charge in [-0.3, -0.25) is 4.98 Å². The van der Waals surface area contributed by atoms with Crippen LogP contribution < -0.4 is 21.5 Å². The second-order valence-electron chi connectivity index (χ2n) is 8.26. The predicted molar refractivity (Wildman–Crippen MR) is 128 cm³/mol. The van der Waals surface area contributed by atoms with Crippen LogP contribution >= 0.6 is 0 Å². The molecule has 32 heavy (non-hydrogen) atoms. The van der Waals surface area contributed by atoms with E-state index in [1.807, 2.05) is 61.5 Å². The van der Waals surface area contributed by atoms with E-state index in [9.17, 15) is 4.79 Å². The molecule has 0 saturated heterocycles. The van der Waals surface area contributed by atoms with Gasteiger partial charge in [0.2, 0.25) is 0 Å². The number of aryl methyl sites for hydroxylation is 1. The van der Waals surface area contributed by atoms with Crippen LogP contribution in [0.3, 0.4) is 0 Å². The Morgan fingerprint density at radius 3 is 2.28 bits per heavy atom. The molecule has 6 nitrogen and oxygen atoms in total. The summed E-state index contributed by atoms with van der Waals surface area (Å²) >= 11 is 0. The van der Waals surface area contributed by atoms with Crippen molar-refractivity contribution in [3.8, 4) is 16.9 Å². The third kappa shape index (κ3) is 5.72. The van der Waals surface area contributed by atoms with Gasteiger partial charge in [0.1, 0.15) is 0 Å². The molecule has 1 aromatic heterocycles. The van der Waals surface area contributed by atoms with E-state index in [1.165, 1.54) is 0 Å². The second kappa shape index (κ2) is 10.9. The Morgan fingerprint density at radius 2 is 1.69 bits per heavy atom. The van der Waals surface area contributed by atoms with Gasteiger partial charge in [-0.05, 0) is 41.5 Å². The van der Waals surface area contributed by atoms with E-state index in [2.05, 4.69) is 19.2 Å². The number of amides is 1. The summed E-state index contributed by atoms with van der Waals surface area (Å²) in [6, 6.07) is 17.6. The Morgan fingerprint density at radius 1 is 1.00 bits per heavy atom. The molecule has 2 aromatic carbocycles. The fourth-order valence-corrected chi connectivity index (χ4v) is 3.69. The number of pyridine rings is 1. The first-order valence-electron chi connectivity index (χ1n) is 10.9. The molecule has 0 aliphatic carbocycles. The van der Waals surface area contributed by atoms with Crippen molar-refractivity contribution in [3.63, 3.8) is 0 Å². The molecular formula is C26H32N4O2. The molecule has 5 N–H and O–H groups in total. The third-order valence-electron chi connectivity index (χ3n) is 5.27. The van der Waals surface area contributed by atoms with Crippen LogP contribution in [0.1, 0.15) is 41.9 Å². The molecule has 6 heteroatoms. The van der Waals surface area contributed by atoms with E-state index in [4.69, 9.17) is 21.2 Å². The van der Waals surface area contributed by atoms with E-state index in [-0.39, 0.29) is 0 Å². The maximum atomic E-state index is 12.7. The maximum absolute atomic E-state index is 12.7. The van der Waals surface area contributed by atoms with Crippen LogP contribution in [0.15, 0.2) is 54.6 Å².